The Kier molecular flexibility index (Phi) is 5.65. The Labute approximate surface area is 195 Å². The van der Waals surface area contributed by atoms with E-state index in [2.05, 4.69) is 30.2 Å². The van der Waals surface area contributed by atoms with E-state index in [1.807, 2.05) is 13.8 Å². The maximum absolute atomic E-state index is 13.3. The Morgan fingerprint density at radius 2 is 2.18 bits per heavy atom. The second kappa shape index (κ2) is 8.65. The normalized spacial score (nSPS) is 22.8. The monoisotopic (exact) mass is 471 g/mol. The van der Waals surface area contributed by atoms with E-state index in [1.54, 1.807) is 0 Å². The molecule has 2 N–H and O–H groups in total. The molecule has 0 radical (unpaired) electrons. The van der Waals surface area contributed by atoms with Gasteiger partial charge in [-0.3, -0.25) is 10.2 Å². The largest absolute Gasteiger partial charge is 0.475 e. The maximum atomic E-state index is 13.3. The molecule has 13 nitrogen and oxygen atoms in total. The van der Waals surface area contributed by atoms with Crippen LogP contribution in [0, 0.1) is 0 Å². The van der Waals surface area contributed by atoms with E-state index in [4.69, 9.17) is 14.2 Å². The molecular weight excluding hydrogens is 446 g/mol. The molecule has 3 aliphatic heterocycles. The van der Waals surface area contributed by atoms with Gasteiger partial charge in [-0.15, -0.1) is 0 Å². The van der Waals surface area contributed by atoms with Crippen molar-refractivity contribution in [2.45, 2.75) is 44.6 Å². The van der Waals surface area contributed by atoms with Crippen LogP contribution >= 0.6 is 0 Å². The molecule has 0 unspecified atom stereocenters. The maximum Gasteiger partial charge on any atom is 0.374 e. The SMILES string of the molecule is CC1(C)OC[C@@H](COc2cc(NC(=O)N3c4nc(C(=O)O)ncc4N4CCC[C@H]3C4)ncn2)O1. The van der Waals surface area contributed by atoms with E-state index >= 15 is 0 Å². The average molecular weight is 471 g/mol. The van der Waals surface area contributed by atoms with Gasteiger partial charge < -0.3 is 24.2 Å². The van der Waals surface area contributed by atoms with E-state index in [0.717, 1.165) is 19.4 Å². The quantitative estimate of drug-likeness (QED) is 0.653. The van der Waals surface area contributed by atoms with Crippen molar-refractivity contribution >= 4 is 29.3 Å². The first-order valence-corrected chi connectivity index (χ1v) is 11.0. The van der Waals surface area contributed by atoms with Gasteiger partial charge in [-0.25, -0.2) is 29.5 Å². The lowest BCUT2D eigenvalue weighted by Crippen LogP contribution is -2.56. The second-order valence-electron chi connectivity index (χ2n) is 8.75. The lowest BCUT2D eigenvalue weighted by Gasteiger charge is -2.45. The summed E-state index contributed by atoms with van der Waals surface area (Å²) in [5, 5.41) is 12.1. The number of hydrogen-bond donors (Lipinski definition) is 2. The van der Waals surface area contributed by atoms with Crippen molar-refractivity contribution in [2.24, 2.45) is 0 Å². The molecule has 0 aliphatic carbocycles. The Hall–Kier alpha value is -3.58. The van der Waals surface area contributed by atoms with Crippen LogP contribution in [0.3, 0.4) is 0 Å². The first-order valence-electron chi connectivity index (χ1n) is 11.0. The van der Waals surface area contributed by atoms with Crippen LogP contribution in [0.4, 0.5) is 22.1 Å². The predicted octanol–water partition coefficient (Wildman–Crippen LogP) is 1.52. The first-order chi connectivity index (χ1) is 16.3. The van der Waals surface area contributed by atoms with Gasteiger partial charge in [-0.1, -0.05) is 0 Å². The first kappa shape index (κ1) is 22.2. The lowest BCUT2D eigenvalue weighted by atomic mass is 10.0. The summed E-state index contributed by atoms with van der Waals surface area (Å²) in [6.07, 6.45) is 4.18. The Morgan fingerprint density at radius 3 is 2.94 bits per heavy atom. The molecular formula is C21H25N7O6. The third kappa shape index (κ3) is 4.43. The summed E-state index contributed by atoms with van der Waals surface area (Å²) >= 11 is 0. The molecule has 2 saturated heterocycles. The van der Waals surface area contributed by atoms with E-state index < -0.39 is 17.8 Å². The molecule has 2 aromatic heterocycles. The molecule has 0 saturated carbocycles. The number of ether oxygens (including phenoxy) is 3. The number of nitrogens with one attached hydrogen (secondary N) is 1. The fourth-order valence-electron chi connectivity index (χ4n) is 4.37. The van der Waals surface area contributed by atoms with Crippen LogP contribution in [-0.4, -0.2) is 81.3 Å². The zero-order valence-electron chi connectivity index (χ0n) is 18.8. The number of piperidine rings is 1. The molecule has 2 fully saturated rings. The fraction of sp³-hybridized carbons (Fsp3) is 0.524. The zero-order valence-corrected chi connectivity index (χ0v) is 18.8. The lowest BCUT2D eigenvalue weighted by molar-refractivity contribution is -0.141. The number of rotatable bonds is 5. The Balaban J connectivity index is 1.32. The molecule has 2 amide bonds. The number of aromatic nitrogens is 4. The molecule has 5 heterocycles. The van der Waals surface area contributed by atoms with Gasteiger partial charge in [0, 0.05) is 19.2 Å². The number of amides is 2. The number of anilines is 3. The minimum Gasteiger partial charge on any atom is -0.475 e. The smallest absolute Gasteiger partial charge is 0.374 e. The van der Waals surface area contributed by atoms with Gasteiger partial charge in [0.25, 0.3) is 0 Å². The van der Waals surface area contributed by atoms with Gasteiger partial charge in [-0.2, -0.15) is 0 Å². The topological polar surface area (TPSA) is 152 Å². The van der Waals surface area contributed by atoms with Crippen molar-refractivity contribution in [1.29, 1.82) is 0 Å². The van der Waals surface area contributed by atoms with Crippen molar-refractivity contribution in [2.75, 3.05) is 41.4 Å². The summed E-state index contributed by atoms with van der Waals surface area (Å²) in [4.78, 5) is 44.6. The number of fused-ring (bicyclic) bond motifs is 4. The molecule has 0 spiro atoms. The number of nitrogens with zero attached hydrogens (tertiary/aromatic N) is 6. The third-order valence-corrected chi connectivity index (χ3v) is 5.85. The van der Waals surface area contributed by atoms with Gasteiger partial charge in [0.05, 0.1) is 24.5 Å². The third-order valence-electron chi connectivity index (χ3n) is 5.85. The van der Waals surface area contributed by atoms with E-state index in [1.165, 1.54) is 23.5 Å². The Morgan fingerprint density at radius 1 is 1.32 bits per heavy atom. The highest BCUT2D eigenvalue weighted by Gasteiger charge is 2.39. The van der Waals surface area contributed by atoms with Crippen molar-refractivity contribution in [3.63, 3.8) is 0 Å². The zero-order chi connectivity index (χ0) is 23.9. The van der Waals surface area contributed by atoms with Gasteiger partial charge in [0.15, 0.2) is 11.6 Å². The summed E-state index contributed by atoms with van der Waals surface area (Å²) in [5.41, 5.74) is 0.629. The van der Waals surface area contributed by atoms with Crippen LogP contribution in [0.5, 0.6) is 5.88 Å². The highest BCUT2D eigenvalue weighted by Crippen LogP contribution is 2.37. The highest BCUT2D eigenvalue weighted by molar-refractivity contribution is 6.04. The fourth-order valence-corrected chi connectivity index (χ4v) is 4.37. The highest BCUT2D eigenvalue weighted by atomic mass is 16.7. The number of carbonyl (C=O) groups excluding carboxylic acids is 1. The molecule has 180 valence electrons. The number of carbonyl (C=O) groups is 2. The molecule has 13 heteroatoms. The molecule has 2 bridgehead atoms. The van der Waals surface area contributed by atoms with Gasteiger partial charge in [0.1, 0.15) is 24.9 Å². The number of carboxylic acid groups (broad SMARTS) is 1. The van der Waals surface area contributed by atoms with Crippen LogP contribution < -0.4 is 19.9 Å². The molecule has 34 heavy (non-hydrogen) atoms. The summed E-state index contributed by atoms with van der Waals surface area (Å²) in [6.45, 7) is 5.73. The molecule has 2 atom stereocenters. The van der Waals surface area contributed by atoms with Crippen molar-refractivity contribution < 1.29 is 28.9 Å². The minimum atomic E-state index is -1.26. The molecule has 3 aliphatic rings. The van der Waals surface area contributed by atoms with E-state index in [-0.39, 0.29) is 42.1 Å². The van der Waals surface area contributed by atoms with Gasteiger partial charge >= 0.3 is 12.0 Å². The second-order valence-corrected chi connectivity index (χ2v) is 8.75. The van der Waals surface area contributed by atoms with Gasteiger partial charge in [-0.05, 0) is 26.7 Å². The summed E-state index contributed by atoms with van der Waals surface area (Å²) in [7, 11) is 0. The van der Waals surface area contributed by atoms with E-state index in [9.17, 15) is 14.7 Å². The number of carboxylic acids is 1. The predicted molar refractivity (Wildman–Crippen MR) is 118 cm³/mol. The van der Waals surface area contributed by atoms with Crippen LogP contribution in [0.15, 0.2) is 18.6 Å². The molecule has 0 aromatic carbocycles. The summed E-state index contributed by atoms with van der Waals surface area (Å²) < 4.78 is 16.9. The number of aromatic carboxylic acids is 1. The minimum absolute atomic E-state index is 0.154. The van der Waals surface area contributed by atoms with Gasteiger partial charge in [0.2, 0.25) is 11.7 Å². The van der Waals surface area contributed by atoms with Crippen molar-refractivity contribution in [1.82, 2.24) is 19.9 Å². The molecule has 2 aromatic rings. The van der Waals surface area contributed by atoms with Crippen LogP contribution in [0.1, 0.15) is 37.3 Å². The summed E-state index contributed by atoms with van der Waals surface area (Å²) in [6, 6.07) is 0.888. The van der Waals surface area contributed by atoms with E-state index in [0.29, 0.717) is 18.8 Å². The standard InChI is InChI=1S/C21H25N7O6/c1-21(2)33-10-13(34-21)9-32-16-6-15(23-11-24-16)25-20(31)28-12-4-3-5-27(8-12)14-7-22-17(19(29)30)26-18(14)28/h6-7,11-13H,3-5,8-10H2,1-2H3,(H,29,30)(H,23,24,25,31)/t12-,13+/m0/s1. The number of urea groups is 1. The van der Waals surface area contributed by atoms with Crippen LogP contribution in [-0.2, 0) is 9.47 Å². The average Bonchev–Trinajstić information content (AvgIpc) is 3.16. The van der Waals surface area contributed by atoms with Crippen LogP contribution in [0.25, 0.3) is 0 Å². The van der Waals surface area contributed by atoms with Crippen LogP contribution in [0.2, 0.25) is 0 Å². The van der Waals surface area contributed by atoms with Crippen molar-refractivity contribution in [3.05, 3.63) is 24.4 Å². The Bertz CT molecular complexity index is 1110. The van der Waals surface area contributed by atoms with Crippen molar-refractivity contribution in [3.8, 4) is 5.88 Å². The molecule has 5 rings (SSSR count). The number of hydrogen-bond acceptors (Lipinski definition) is 10. The summed E-state index contributed by atoms with van der Waals surface area (Å²) in [5.74, 6) is -1.48.